The van der Waals surface area contributed by atoms with Gasteiger partial charge in [-0.15, -0.1) is 0 Å². The molecule has 1 amide bonds. The molecule has 0 aliphatic carbocycles. The minimum atomic E-state index is -4.46. The summed E-state index contributed by atoms with van der Waals surface area (Å²) in [7, 11) is 0. The molecule has 0 bridgehead atoms. The lowest BCUT2D eigenvalue weighted by Gasteiger charge is -2.08. The highest BCUT2D eigenvalue weighted by molar-refractivity contribution is 7.22. The van der Waals surface area contributed by atoms with Crippen LogP contribution in [0.15, 0.2) is 18.2 Å². The molecule has 154 valence electrons. The lowest BCUT2D eigenvalue weighted by atomic mass is 10.2. The molecule has 0 unspecified atom stereocenters. The van der Waals surface area contributed by atoms with Crippen molar-refractivity contribution in [3.05, 3.63) is 39.7 Å². The lowest BCUT2D eigenvalue weighted by molar-refractivity contribution is -0.385. The van der Waals surface area contributed by atoms with E-state index >= 15 is 0 Å². The third-order valence-electron chi connectivity index (χ3n) is 3.69. The third kappa shape index (κ3) is 4.80. The number of thiazole rings is 1. The fraction of sp³-hybridized carbons (Fsp3) is 0.312. The number of H-pyrrole nitrogens is 1. The van der Waals surface area contributed by atoms with Crippen molar-refractivity contribution in [3.63, 3.8) is 0 Å². The molecule has 2 heterocycles. The molecule has 0 saturated heterocycles. The highest BCUT2D eigenvalue weighted by atomic mass is 32.1. The van der Waals surface area contributed by atoms with Crippen LogP contribution in [0.4, 0.5) is 24.0 Å². The second-order valence-electron chi connectivity index (χ2n) is 5.91. The average Bonchev–Trinajstić information content (AvgIpc) is 3.22. The molecule has 0 radical (unpaired) electrons. The zero-order valence-corrected chi connectivity index (χ0v) is 15.7. The Morgan fingerprint density at radius 2 is 2.17 bits per heavy atom. The summed E-state index contributed by atoms with van der Waals surface area (Å²) in [5.41, 5.74) is -0.0912. The number of alkyl halides is 3. The number of aromatic amines is 1. The quantitative estimate of drug-likeness (QED) is 0.431. The first-order valence-electron chi connectivity index (χ1n) is 8.31. The molecule has 0 aliphatic heterocycles. The van der Waals surface area contributed by atoms with Gasteiger partial charge in [-0.2, -0.15) is 18.3 Å². The van der Waals surface area contributed by atoms with Gasteiger partial charge in [-0.1, -0.05) is 24.7 Å². The average molecular weight is 429 g/mol. The second kappa shape index (κ2) is 8.03. The van der Waals surface area contributed by atoms with Gasteiger partial charge in [0.05, 0.1) is 15.1 Å². The van der Waals surface area contributed by atoms with Gasteiger partial charge in [0.1, 0.15) is 11.4 Å². The zero-order valence-electron chi connectivity index (χ0n) is 14.9. The van der Waals surface area contributed by atoms with E-state index < -0.39 is 29.3 Å². The lowest BCUT2D eigenvalue weighted by Crippen LogP contribution is -2.19. The number of halogens is 3. The maximum absolute atomic E-state index is 12.4. The minimum absolute atomic E-state index is 0.00324. The number of amides is 1. The van der Waals surface area contributed by atoms with Gasteiger partial charge < -0.3 is 4.74 Å². The molecule has 0 aliphatic rings. The predicted octanol–water partition coefficient (Wildman–Crippen LogP) is 4.07. The summed E-state index contributed by atoms with van der Waals surface area (Å²) < 4.78 is 42.0. The van der Waals surface area contributed by atoms with Gasteiger partial charge >= 0.3 is 11.9 Å². The number of carbonyl (C=O) groups excluding carboxylic acids is 1. The molecule has 1 aromatic carbocycles. The molecule has 0 saturated carbocycles. The molecule has 0 fully saturated rings. The number of benzene rings is 1. The number of hydrogen-bond donors (Lipinski definition) is 2. The highest BCUT2D eigenvalue weighted by Crippen LogP contribution is 2.31. The number of nitrogens with one attached hydrogen (secondary N) is 2. The van der Waals surface area contributed by atoms with Crippen LogP contribution in [0, 0.1) is 10.1 Å². The van der Waals surface area contributed by atoms with Crippen molar-refractivity contribution in [1.82, 2.24) is 15.2 Å². The maximum atomic E-state index is 12.4. The first kappa shape index (κ1) is 20.5. The highest BCUT2D eigenvalue weighted by Gasteiger charge is 2.30. The summed E-state index contributed by atoms with van der Waals surface area (Å²) in [5.74, 6) is -0.814. The van der Waals surface area contributed by atoms with E-state index in [0.29, 0.717) is 23.1 Å². The van der Waals surface area contributed by atoms with Crippen molar-refractivity contribution < 1.29 is 27.6 Å². The first-order chi connectivity index (χ1) is 13.7. The SMILES string of the molecule is CCCc1[nH]nc(C(=O)Nc2nc3ccc(OCC(F)(F)F)cc3s2)c1[N+](=O)[O-]. The molecule has 2 aromatic heterocycles. The van der Waals surface area contributed by atoms with Crippen molar-refractivity contribution in [1.29, 1.82) is 0 Å². The van der Waals surface area contributed by atoms with Gasteiger partial charge in [0.25, 0.3) is 5.91 Å². The first-order valence-corrected chi connectivity index (χ1v) is 9.12. The number of carbonyl (C=O) groups is 1. The zero-order chi connectivity index (χ0) is 21.2. The fourth-order valence-electron chi connectivity index (χ4n) is 2.52. The summed E-state index contributed by atoms with van der Waals surface area (Å²) in [6.45, 7) is 0.405. The molecule has 3 aromatic rings. The van der Waals surface area contributed by atoms with Gasteiger partial charge in [-0.05, 0) is 24.6 Å². The Bertz CT molecular complexity index is 1060. The van der Waals surface area contributed by atoms with E-state index in [1.54, 1.807) is 0 Å². The summed E-state index contributed by atoms with van der Waals surface area (Å²) in [6, 6.07) is 4.14. The van der Waals surface area contributed by atoms with Crippen molar-refractivity contribution >= 4 is 38.3 Å². The van der Waals surface area contributed by atoms with E-state index in [2.05, 4.69) is 25.2 Å². The predicted molar refractivity (Wildman–Crippen MR) is 98.4 cm³/mol. The molecule has 13 heteroatoms. The molecular weight excluding hydrogens is 415 g/mol. The monoisotopic (exact) mass is 429 g/mol. The number of hydrogen-bond acceptors (Lipinski definition) is 7. The molecule has 29 heavy (non-hydrogen) atoms. The fourth-order valence-corrected chi connectivity index (χ4v) is 3.41. The maximum Gasteiger partial charge on any atom is 0.422 e. The van der Waals surface area contributed by atoms with Crippen molar-refractivity contribution in [2.45, 2.75) is 25.9 Å². The smallest absolute Gasteiger partial charge is 0.422 e. The molecule has 9 nitrogen and oxygen atoms in total. The largest absolute Gasteiger partial charge is 0.484 e. The topological polar surface area (TPSA) is 123 Å². The molecule has 2 N–H and O–H groups in total. The normalized spacial score (nSPS) is 11.6. The Balaban J connectivity index is 1.80. The van der Waals surface area contributed by atoms with E-state index in [9.17, 15) is 28.1 Å². The van der Waals surface area contributed by atoms with Gasteiger partial charge in [0.2, 0.25) is 5.69 Å². The Labute approximate surface area is 165 Å². The molecule has 0 atom stereocenters. The molecule has 0 spiro atoms. The second-order valence-corrected chi connectivity index (χ2v) is 6.94. The van der Waals surface area contributed by atoms with Crippen LogP contribution in [0.2, 0.25) is 0 Å². The van der Waals surface area contributed by atoms with Gasteiger partial charge in [-0.25, -0.2) is 4.98 Å². The van der Waals surface area contributed by atoms with Crippen molar-refractivity contribution in [3.8, 4) is 5.75 Å². The number of nitro groups is 1. The van der Waals surface area contributed by atoms with Crippen LogP contribution in [-0.4, -0.2) is 38.8 Å². The standard InChI is InChI=1S/C16H14F3N5O4S/c1-2-3-10-13(24(26)27)12(23-22-10)14(25)21-15-20-9-5-4-8(6-11(9)29-15)28-7-16(17,18)19/h4-6H,2-3,7H2,1H3,(H,22,23)(H,20,21,25). The van der Waals surface area contributed by atoms with E-state index in [0.717, 1.165) is 11.3 Å². The van der Waals surface area contributed by atoms with Crippen LogP contribution in [-0.2, 0) is 6.42 Å². The third-order valence-corrected chi connectivity index (χ3v) is 4.63. The molecular formula is C16H14F3N5O4S. The summed E-state index contributed by atoms with van der Waals surface area (Å²) in [4.78, 5) is 27.2. The van der Waals surface area contributed by atoms with Crippen LogP contribution in [0.1, 0.15) is 29.5 Å². The molecule has 3 rings (SSSR count). The van der Waals surface area contributed by atoms with Gasteiger partial charge in [-0.3, -0.25) is 25.3 Å². The van der Waals surface area contributed by atoms with Crippen LogP contribution in [0.3, 0.4) is 0 Å². The van der Waals surface area contributed by atoms with Crippen molar-refractivity contribution in [2.24, 2.45) is 0 Å². The van der Waals surface area contributed by atoms with E-state index in [4.69, 9.17) is 0 Å². The number of aromatic nitrogens is 3. The Kier molecular flexibility index (Phi) is 5.68. The van der Waals surface area contributed by atoms with Crippen LogP contribution in [0.5, 0.6) is 5.75 Å². The Morgan fingerprint density at radius 1 is 1.41 bits per heavy atom. The van der Waals surface area contributed by atoms with Gasteiger partial charge in [0.15, 0.2) is 11.7 Å². The summed E-state index contributed by atoms with van der Waals surface area (Å²) >= 11 is 0.987. The summed E-state index contributed by atoms with van der Waals surface area (Å²) in [6.07, 6.45) is -3.48. The van der Waals surface area contributed by atoms with E-state index in [1.807, 2.05) is 6.92 Å². The number of anilines is 1. The minimum Gasteiger partial charge on any atom is -0.484 e. The number of fused-ring (bicyclic) bond motifs is 1. The van der Waals surface area contributed by atoms with Crippen molar-refractivity contribution in [2.75, 3.05) is 11.9 Å². The number of rotatable bonds is 7. The van der Waals surface area contributed by atoms with Gasteiger partial charge in [0, 0.05) is 0 Å². The number of aryl methyl sites for hydroxylation is 1. The Hall–Kier alpha value is -3.22. The van der Waals surface area contributed by atoms with Crippen LogP contribution in [0.25, 0.3) is 10.2 Å². The van der Waals surface area contributed by atoms with E-state index in [1.165, 1.54) is 18.2 Å². The Morgan fingerprint density at radius 3 is 2.83 bits per heavy atom. The number of nitrogens with zero attached hydrogens (tertiary/aromatic N) is 3. The number of ether oxygens (including phenoxy) is 1. The summed E-state index contributed by atoms with van der Waals surface area (Å²) in [5, 5.41) is 20.1. The van der Waals surface area contributed by atoms with Crippen LogP contribution < -0.4 is 10.1 Å². The van der Waals surface area contributed by atoms with Crippen LogP contribution >= 0.6 is 11.3 Å². The van der Waals surface area contributed by atoms with E-state index in [-0.39, 0.29) is 22.3 Å².